The Hall–Kier alpha value is -0.770. The molecule has 0 radical (unpaired) electrons. The van der Waals surface area contributed by atoms with Gasteiger partial charge in [-0.3, -0.25) is 10.7 Å². The zero-order valence-electron chi connectivity index (χ0n) is 4.29. The third-order valence-corrected chi connectivity index (χ3v) is 0.572. The predicted octanol–water partition coefficient (Wildman–Crippen LogP) is -1.04. The fourth-order valence-electron chi connectivity index (χ4n) is 0.325. The first kappa shape index (κ1) is 7.23. The first-order valence-electron chi connectivity index (χ1n) is 1.83. The molecule has 0 saturated carbocycles. The minimum absolute atomic E-state index is 0. The summed E-state index contributed by atoms with van der Waals surface area (Å²) in [5.41, 5.74) is 0.0856. The summed E-state index contributed by atoms with van der Waals surface area (Å²) in [4.78, 5) is 0. The van der Waals surface area contributed by atoms with Gasteiger partial charge in [0.2, 0.25) is 6.20 Å². The highest BCUT2D eigenvalue weighted by molar-refractivity contribution is 5.85. The van der Waals surface area contributed by atoms with Gasteiger partial charge in [0, 0.05) is 0 Å². The van der Waals surface area contributed by atoms with Crippen molar-refractivity contribution in [3.63, 3.8) is 0 Å². The van der Waals surface area contributed by atoms with Gasteiger partial charge in [-0.05, 0) is 0 Å². The second kappa shape index (κ2) is 2.52. The van der Waals surface area contributed by atoms with Crippen LogP contribution in [-0.4, -0.2) is 0 Å². The van der Waals surface area contributed by atoms with Gasteiger partial charge >= 0.3 is 0 Å². The number of aryl methyl sites for hydroxylation is 1. The van der Waals surface area contributed by atoms with E-state index in [0.29, 0.717) is 0 Å². The lowest BCUT2D eigenvalue weighted by Gasteiger charge is -1.78. The Morgan fingerprint density at radius 3 is 2.62 bits per heavy atom. The molecular weight excluding hydrogens is 130 g/mol. The summed E-state index contributed by atoms with van der Waals surface area (Å²) in [6.07, 6.45) is 1.47. The number of nitrogens with one attached hydrogen (secondary N) is 1. The molecule has 0 aromatic carbocycles. The van der Waals surface area contributed by atoms with Crippen LogP contribution in [0.2, 0.25) is 0 Å². The van der Waals surface area contributed by atoms with Crippen molar-refractivity contribution in [2.45, 2.75) is 0 Å². The molecule has 1 N–H and O–H groups in total. The minimum atomic E-state index is 0. The number of aromatic nitrogens is 2. The van der Waals surface area contributed by atoms with Crippen molar-refractivity contribution in [1.82, 2.24) is 5.27 Å². The van der Waals surface area contributed by atoms with Crippen molar-refractivity contribution in [3.05, 3.63) is 11.8 Å². The van der Waals surface area contributed by atoms with E-state index in [9.17, 15) is 0 Å². The van der Waals surface area contributed by atoms with E-state index in [1.807, 2.05) is 0 Å². The van der Waals surface area contributed by atoms with Crippen LogP contribution in [-0.2, 0) is 7.05 Å². The second-order valence-electron chi connectivity index (χ2n) is 1.24. The topological polar surface area (TPSA) is 55.0 Å². The van der Waals surface area contributed by atoms with E-state index >= 15 is 0 Å². The summed E-state index contributed by atoms with van der Waals surface area (Å²) in [5, 5.41) is 10.1. The van der Waals surface area contributed by atoms with Crippen molar-refractivity contribution in [1.29, 1.82) is 5.41 Å². The summed E-state index contributed by atoms with van der Waals surface area (Å²) in [6, 6.07) is 0. The van der Waals surface area contributed by atoms with E-state index in [1.54, 1.807) is 7.05 Å². The van der Waals surface area contributed by atoms with Crippen molar-refractivity contribution >= 4 is 12.4 Å². The van der Waals surface area contributed by atoms with Gasteiger partial charge in [0.25, 0.3) is 5.55 Å². The van der Waals surface area contributed by atoms with Gasteiger partial charge < -0.3 is 4.52 Å². The van der Waals surface area contributed by atoms with E-state index < -0.39 is 0 Å². The highest BCUT2D eigenvalue weighted by atomic mass is 35.5. The molecule has 1 aromatic rings. The molecule has 0 aliphatic carbocycles. The van der Waals surface area contributed by atoms with Crippen LogP contribution in [0.4, 0.5) is 0 Å². The molecule has 0 amide bonds. The molecular formula is C3H6ClN3O. The van der Waals surface area contributed by atoms with Crippen LogP contribution in [0.3, 0.4) is 0 Å². The number of hydrogen-bond acceptors (Lipinski definition) is 2. The lowest BCUT2D eigenvalue weighted by molar-refractivity contribution is -0.745. The summed E-state index contributed by atoms with van der Waals surface area (Å²) >= 11 is 0. The number of hydrogen-bond donors (Lipinski definition) is 1. The Balaban J connectivity index is 0.000000490. The van der Waals surface area contributed by atoms with Crippen molar-refractivity contribution < 1.29 is 9.20 Å². The van der Waals surface area contributed by atoms with Gasteiger partial charge in [0.15, 0.2) is 0 Å². The Kier molecular flexibility index (Phi) is 2.27. The molecule has 5 heteroatoms. The van der Waals surface area contributed by atoms with Gasteiger partial charge in [-0.15, -0.1) is 12.4 Å². The zero-order valence-corrected chi connectivity index (χ0v) is 5.10. The molecule has 0 bridgehead atoms. The van der Waals surface area contributed by atoms with Gasteiger partial charge in [-0.2, -0.15) is 0 Å². The van der Waals surface area contributed by atoms with Crippen LogP contribution in [0.15, 0.2) is 10.7 Å². The summed E-state index contributed by atoms with van der Waals surface area (Å²) < 4.78 is 5.78. The fraction of sp³-hybridized carbons (Fsp3) is 0.333. The van der Waals surface area contributed by atoms with E-state index in [-0.39, 0.29) is 18.0 Å². The quantitative estimate of drug-likeness (QED) is 0.462. The maximum Gasteiger partial charge on any atom is 0.264 e. The van der Waals surface area contributed by atoms with E-state index in [1.165, 1.54) is 10.9 Å². The van der Waals surface area contributed by atoms with Crippen molar-refractivity contribution in [2.75, 3.05) is 0 Å². The average molecular weight is 136 g/mol. The van der Waals surface area contributed by atoms with Gasteiger partial charge in [0.1, 0.15) is 7.05 Å². The SMILES string of the molecule is C[n+]1cc(=N)o[n-]1.Cl. The van der Waals surface area contributed by atoms with Crippen molar-refractivity contribution in [3.8, 4) is 0 Å². The van der Waals surface area contributed by atoms with E-state index in [4.69, 9.17) is 5.41 Å². The van der Waals surface area contributed by atoms with Crippen LogP contribution in [0.25, 0.3) is 0 Å². The van der Waals surface area contributed by atoms with E-state index in [2.05, 4.69) is 9.79 Å². The molecule has 46 valence electrons. The number of rotatable bonds is 0. The van der Waals surface area contributed by atoms with Gasteiger partial charge in [-0.1, -0.05) is 0 Å². The average Bonchev–Trinajstić information content (AvgIpc) is 1.87. The highest BCUT2D eigenvalue weighted by Crippen LogP contribution is 1.45. The monoisotopic (exact) mass is 135 g/mol. The van der Waals surface area contributed by atoms with Crippen LogP contribution < -0.4 is 15.5 Å². The van der Waals surface area contributed by atoms with Crippen LogP contribution in [0.5, 0.6) is 0 Å². The Bertz CT molecular complexity index is 202. The molecule has 0 spiro atoms. The Morgan fingerprint density at radius 2 is 2.50 bits per heavy atom. The molecule has 0 unspecified atom stereocenters. The van der Waals surface area contributed by atoms with Gasteiger partial charge in [0.05, 0.1) is 0 Å². The lowest BCUT2D eigenvalue weighted by Crippen LogP contribution is -2.30. The molecule has 0 fully saturated rings. The molecule has 4 nitrogen and oxygen atoms in total. The van der Waals surface area contributed by atoms with Crippen LogP contribution >= 0.6 is 12.4 Å². The molecule has 0 atom stereocenters. The molecule has 1 aromatic heterocycles. The normalized spacial score (nSPS) is 8.12. The van der Waals surface area contributed by atoms with Gasteiger partial charge in [-0.25, -0.2) is 4.68 Å². The standard InChI is InChI=1S/C3H5N3O.ClH/c1-6-2-3(4)7-5-6;/h2,4H,1H3;1H. The molecule has 1 rings (SSSR count). The maximum absolute atomic E-state index is 6.77. The third-order valence-electron chi connectivity index (χ3n) is 0.572. The van der Waals surface area contributed by atoms with Crippen molar-refractivity contribution in [2.24, 2.45) is 7.05 Å². The largest absolute Gasteiger partial charge is 0.487 e. The second-order valence-corrected chi connectivity index (χ2v) is 1.24. The lowest BCUT2D eigenvalue weighted by atomic mass is 10.9. The molecule has 0 saturated heterocycles. The summed E-state index contributed by atoms with van der Waals surface area (Å²) in [5.74, 6) is 0. The summed E-state index contributed by atoms with van der Waals surface area (Å²) in [7, 11) is 1.70. The maximum atomic E-state index is 6.77. The first-order chi connectivity index (χ1) is 3.29. The first-order valence-corrected chi connectivity index (χ1v) is 1.83. The Labute approximate surface area is 52.0 Å². The number of halogens is 1. The molecule has 8 heavy (non-hydrogen) atoms. The van der Waals surface area contributed by atoms with Crippen LogP contribution in [0, 0.1) is 5.41 Å². The molecule has 0 aliphatic rings. The Morgan fingerprint density at radius 1 is 1.88 bits per heavy atom. The highest BCUT2D eigenvalue weighted by Gasteiger charge is 1.79. The fourth-order valence-corrected chi connectivity index (χ4v) is 0.325. The molecule has 0 aliphatic heterocycles. The van der Waals surface area contributed by atoms with Crippen LogP contribution in [0.1, 0.15) is 0 Å². The molecule has 1 heterocycles. The summed E-state index contributed by atoms with van der Waals surface area (Å²) in [6.45, 7) is 0. The predicted molar refractivity (Wildman–Crippen MR) is 26.3 cm³/mol. The third kappa shape index (κ3) is 1.38. The zero-order chi connectivity index (χ0) is 5.28. The number of nitrogens with zero attached hydrogens (tertiary/aromatic N) is 2. The minimum Gasteiger partial charge on any atom is -0.487 e. The smallest absolute Gasteiger partial charge is 0.264 e. The van der Waals surface area contributed by atoms with E-state index in [0.717, 1.165) is 0 Å².